The first-order valence-electron chi connectivity index (χ1n) is 9.96. The van der Waals surface area contributed by atoms with E-state index in [9.17, 15) is 22.8 Å². The van der Waals surface area contributed by atoms with Crippen LogP contribution in [-0.2, 0) is 10.9 Å². The van der Waals surface area contributed by atoms with Crippen LogP contribution in [0.15, 0.2) is 30.5 Å². The Morgan fingerprint density at radius 2 is 1.84 bits per heavy atom. The van der Waals surface area contributed by atoms with Gasteiger partial charge in [-0.2, -0.15) is 18.3 Å². The summed E-state index contributed by atoms with van der Waals surface area (Å²) in [4.78, 5) is 24.3. The van der Waals surface area contributed by atoms with Gasteiger partial charge in [0.2, 0.25) is 0 Å². The summed E-state index contributed by atoms with van der Waals surface area (Å²) in [6.45, 7) is 5.57. The summed E-state index contributed by atoms with van der Waals surface area (Å²) in [5, 5.41) is 9.43. The molecule has 0 saturated heterocycles. The Bertz CT molecular complexity index is 960. The molecule has 0 unspecified atom stereocenters. The number of alkyl carbamates (subject to hydrolysis) is 1. The van der Waals surface area contributed by atoms with Crippen molar-refractivity contribution in [2.75, 3.05) is 13.1 Å². The van der Waals surface area contributed by atoms with Crippen molar-refractivity contribution in [1.29, 1.82) is 0 Å². The zero-order valence-corrected chi connectivity index (χ0v) is 17.5. The number of aromatic nitrogens is 2. The minimum Gasteiger partial charge on any atom is -0.444 e. The van der Waals surface area contributed by atoms with Crippen LogP contribution in [0.2, 0.25) is 0 Å². The quantitative estimate of drug-likeness (QED) is 0.667. The van der Waals surface area contributed by atoms with Crippen molar-refractivity contribution in [2.24, 2.45) is 0 Å². The third-order valence-electron chi connectivity index (χ3n) is 4.51. The lowest BCUT2D eigenvalue weighted by molar-refractivity contribution is -0.137. The van der Waals surface area contributed by atoms with E-state index < -0.39 is 29.3 Å². The lowest BCUT2D eigenvalue weighted by Crippen LogP contribution is -2.38. The second kappa shape index (κ2) is 8.60. The largest absolute Gasteiger partial charge is 0.444 e. The minimum atomic E-state index is -4.47. The van der Waals surface area contributed by atoms with Crippen molar-refractivity contribution >= 4 is 12.0 Å². The molecule has 10 heteroatoms. The molecule has 1 aromatic carbocycles. The topological polar surface area (TPSA) is 85.2 Å². The van der Waals surface area contributed by atoms with Crippen LogP contribution in [0.4, 0.5) is 18.0 Å². The molecule has 168 valence electrons. The van der Waals surface area contributed by atoms with Crippen LogP contribution < -0.4 is 10.6 Å². The summed E-state index contributed by atoms with van der Waals surface area (Å²) < 4.78 is 45.8. The first-order valence-corrected chi connectivity index (χ1v) is 9.96. The van der Waals surface area contributed by atoms with E-state index >= 15 is 0 Å². The molecule has 31 heavy (non-hydrogen) atoms. The number of rotatable bonds is 6. The van der Waals surface area contributed by atoms with Crippen molar-refractivity contribution in [3.05, 3.63) is 47.3 Å². The maximum atomic E-state index is 13.1. The molecular weight excluding hydrogens is 413 g/mol. The molecule has 1 aliphatic carbocycles. The molecule has 1 fully saturated rings. The average Bonchev–Trinajstić information content (AvgIpc) is 3.41. The third kappa shape index (κ3) is 5.99. The van der Waals surface area contributed by atoms with Crippen LogP contribution in [0.1, 0.15) is 61.1 Å². The number of alkyl halides is 3. The highest BCUT2D eigenvalue weighted by molar-refractivity contribution is 5.95. The lowest BCUT2D eigenvalue weighted by Gasteiger charge is -2.19. The van der Waals surface area contributed by atoms with Gasteiger partial charge in [-0.1, -0.05) is 6.07 Å². The van der Waals surface area contributed by atoms with E-state index in [0.717, 1.165) is 25.0 Å². The van der Waals surface area contributed by atoms with E-state index in [0.29, 0.717) is 11.3 Å². The van der Waals surface area contributed by atoms with Crippen molar-refractivity contribution in [1.82, 2.24) is 20.4 Å². The molecule has 0 radical (unpaired) electrons. The fourth-order valence-corrected chi connectivity index (χ4v) is 3.05. The standard InChI is InChI=1S/C21H25F3N4O3/c1-20(2,3)31-19(30)26-10-9-25-18(29)16-12-27-28(17(16)13-7-8-13)15-6-4-5-14(11-15)21(22,23)24/h4-6,11-13H,7-10H2,1-3H3,(H,25,29)(H,26,30). The summed E-state index contributed by atoms with van der Waals surface area (Å²) in [5.41, 5.74) is -0.234. The van der Waals surface area contributed by atoms with E-state index in [1.54, 1.807) is 20.8 Å². The van der Waals surface area contributed by atoms with Gasteiger partial charge in [-0.25, -0.2) is 9.48 Å². The zero-order chi connectivity index (χ0) is 22.8. The Balaban J connectivity index is 1.69. The second-order valence-corrected chi connectivity index (χ2v) is 8.36. The smallest absolute Gasteiger partial charge is 0.416 e. The third-order valence-corrected chi connectivity index (χ3v) is 4.51. The number of nitrogens with one attached hydrogen (secondary N) is 2. The van der Waals surface area contributed by atoms with Crippen LogP contribution in [0.25, 0.3) is 5.69 Å². The molecule has 0 atom stereocenters. The Hall–Kier alpha value is -3.04. The highest BCUT2D eigenvalue weighted by Crippen LogP contribution is 2.42. The zero-order valence-electron chi connectivity index (χ0n) is 17.5. The maximum absolute atomic E-state index is 13.1. The summed E-state index contributed by atoms with van der Waals surface area (Å²) in [7, 11) is 0. The van der Waals surface area contributed by atoms with Crippen molar-refractivity contribution < 1.29 is 27.5 Å². The first kappa shape index (κ1) is 22.6. The molecule has 1 aliphatic rings. The minimum absolute atomic E-state index is 0.0673. The Morgan fingerprint density at radius 3 is 2.45 bits per heavy atom. The summed E-state index contributed by atoms with van der Waals surface area (Å²) in [5.74, 6) is -0.330. The van der Waals surface area contributed by atoms with Crippen LogP contribution in [0.3, 0.4) is 0 Å². The molecule has 1 heterocycles. The second-order valence-electron chi connectivity index (χ2n) is 8.36. The molecule has 1 saturated carbocycles. The van der Waals surface area contributed by atoms with Crippen LogP contribution in [-0.4, -0.2) is 40.5 Å². The number of hydrogen-bond donors (Lipinski definition) is 2. The number of halogens is 3. The molecule has 2 N–H and O–H groups in total. The molecule has 1 aromatic heterocycles. The maximum Gasteiger partial charge on any atom is 0.416 e. The van der Waals surface area contributed by atoms with Gasteiger partial charge in [0.05, 0.1) is 28.7 Å². The SMILES string of the molecule is CC(C)(C)OC(=O)NCCNC(=O)c1cnn(-c2cccc(C(F)(F)F)c2)c1C1CC1. The van der Waals surface area contributed by atoms with Gasteiger partial charge in [0.15, 0.2) is 0 Å². The number of ether oxygens (including phenoxy) is 1. The van der Waals surface area contributed by atoms with Gasteiger partial charge in [0.25, 0.3) is 5.91 Å². The number of benzene rings is 1. The molecule has 0 bridgehead atoms. The van der Waals surface area contributed by atoms with Crippen molar-refractivity contribution in [3.8, 4) is 5.69 Å². The number of carbonyl (C=O) groups excluding carboxylic acids is 2. The predicted octanol–water partition coefficient (Wildman–Crippen LogP) is 4.02. The van der Waals surface area contributed by atoms with Crippen molar-refractivity contribution in [2.45, 2.75) is 51.3 Å². The molecular formula is C21H25F3N4O3. The van der Waals surface area contributed by atoms with Crippen LogP contribution in [0.5, 0.6) is 0 Å². The first-order chi connectivity index (χ1) is 14.5. The number of nitrogens with zero attached hydrogens (tertiary/aromatic N) is 2. The summed E-state index contributed by atoms with van der Waals surface area (Å²) in [6.07, 6.45) is -2.01. The summed E-state index contributed by atoms with van der Waals surface area (Å²) >= 11 is 0. The molecule has 2 aromatic rings. The highest BCUT2D eigenvalue weighted by atomic mass is 19.4. The van der Waals surface area contributed by atoms with Gasteiger partial charge in [0, 0.05) is 19.0 Å². The van der Waals surface area contributed by atoms with E-state index in [1.165, 1.54) is 23.0 Å². The fraction of sp³-hybridized carbons (Fsp3) is 0.476. The lowest BCUT2D eigenvalue weighted by atomic mass is 10.1. The Labute approximate surface area is 178 Å². The molecule has 3 rings (SSSR count). The fourth-order valence-electron chi connectivity index (χ4n) is 3.05. The average molecular weight is 438 g/mol. The number of carbonyl (C=O) groups is 2. The number of amides is 2. The van der Waals surface area contributed by atoms with Gasteiger partial charge in [0.1, 0.15) is 5.60 Å². The molecule has 0 spiro atoms. The van der Waals surface area contributed by atoms with Gasteiger partial charge in [-0.3, -0.25) is 4.79 Å². The van der Waals surface area contributed by atoms with E-state index in [-0.39, 0.29) is 24.7 Å². The van der Waals surface area contributed by atoms with Crippen molar-refractivity contribution in [3.63, 3.8) is 0 Å². The highest BCUT2D eigenvalue weighted by Gasteiger charge is 2.34. The van der Waals surface area contributed by atoms with Crippen LogP contribution in [0, 0.1) is 0 Å². The molecule has 0 aliphatic heterocycles. The Kier molecular flexibility index (Phi) is 6.28. The van der Waals surface area contributed by atoms with Gasteiger partial charge < -0.3 is 15.4 Å². The summed E-state index contributed by atoms with van der Waals surface area (Å²) in [6, 6.07) is 4.86. The van der Waals surface area contributed by atoms with Gasteiger partial charge in [-0.05, 0) is 51.8 Å². The van der Waals surface area contributed by atoms with E-state index in [1.807, 2.05) is 0 Å². The normalized spacial score (nSPS) is 14.3. The van der Waals surface area contributed by atoms with Gasteiger partial charge >= 0.3 is 12.3 Å². The van der Waals surface area contributed by atoms with E-state index in [2.05, 4.69) is 15.7 Å². The predicted molar refractivity (Wildman–Crippen MR) is 107 cm³/mol. The van der Waals surface area contributed by atoms with E-state index in [4.69, 9.17) is 4.74 Å². The Morgan fingerprint density at radius 1 is 1.16 bits per heavy atom. The van der Waals surface area contributed by atoms with Gasteiger partial charge in [-0.15, -0.1) is 0 Å². The molecule has 2 amide bonds. The molecule has 7 nitrogen and oxygen atoms in total. The van der Waals surface area contributed by atoms with Crippen LogP contribution >= 0.6 is 0 Å². The monoisotopic (exact) mass is 438 g/mol. The number of hydrogen-bond acceptors (Lipinski definition) is 4.